The second kappa shape index (κ2) is 6.74. The van der Waals surface area contributed by atoms with Crippen LogP contribution < -0.4 is 5.32 Å². The SMILES string of the molecule is CCN1CCCC(CNC)C1c1ccc(C)c(Cl)c1. The molecule has 1 heterocycles. The van der Waals surface area contributed by atoms with Crippen LogP contribution in [0, 0.1) is 12.8 Å². The number of hydrogen-bond acceptors (Lipinski definition) is 2. The molecule has 1 aliphatic rings. The smallest absolute Gasteiger partial charge is 0.0438 e. The number of benzene rings is 1. The summed E-state index contributed by atoms with van der Waals surface area (Å²) in [4.78, 5) is 2.59. The van der Waals surface area contributed by atoms with Gasteiger partial charge in [-0.15, -0.1) is 0 Å². The van der Waals surface area contributed by atoms with Gasteiger partial charge in [-0.25, -0.2) is 0 Å². The topological polar surface area (TPSA) is 15.3 Å². The molecule has 2 nitrogen and oxygen atoms in total. The van der Waals surface area contributed by atoms with Crippen molar-refractivity contribution < 1.29 is 0 Å². The molecule has 0 amide bonds. The van der Waals surface area contributed by atoms with Crippen molar-refractivity contribution in [2.45, 2.75) is 32.7 Å². The summed E-state index contributed by atoms with van der Waals surface area (Å²) in [7, 11) is 2.05. The van der Waals surface area contributed by atoms with E-state index >= 15 is 0 Å². The Morgan fingerprint density at radius 2 is 2.21 bits per heavy atom. The van der Waals surface area contributed by atoms with Crippen LogP contribution in [0.15, 0.2) is 18.2 Å². The van der Waals surface area contributed by atoms with E-state index in [2.05, 4.69) is 42.3 Å². The Labute approximate surface area is 122 Å². The van der Waals surface area contributed by atoms with E-state index in [4.69, 9.17) is 11.6 Å². The standard InChI is InChI=1S/C16H25ClN2/c1-4-19-9-5-6-14(11-18-3)16(19)13-8-7-12(2)15(17)10-13/h7-8,10,14,16,18H,4-6,9,11H2,1-3H3. The normalized spacial score (nSPS) is 24.6. The maximum absolute atomic E-state index is 6.31. The number of halogens is 1. The summed E-state index contributed by atoms with van der Waals surface area (Å²) < 4.78 is 0. The first-order valence-corrected chi connectivity index (χ1v) is 7.69. The second-order valence-corrected chi connectivity index (χ2v) is 5.95. The highest BCUT2D eigenvalue weighted by Gasteiger charge is 2.31. The molecule has 0 saturated carbocycles. The van der Waals surface area contributed by atoms with E-state index in [-0.39, 0.29) is 0 Å². The van der Waals surface area contributed by atoms with Gasteiger partial charge < -0.3 is 5.32 Å². The number of likely N-dealkylation sites (tertiary alicyclic amines) is 1. The van der Waals surface area contributed by atoms with E-state index in [0.717, 1.165) is 23.7 Å². The molecule has 1 aromatic rings. The molecule has 0 bridgehead atoms. The predicted octanol–water partition coefficient (Wildman–Crippen LogP) is 3.64. The fourth-order valence-electron chi connectivity index (χ4n) is 3.26. The zero-order chi connectivity index (χ0) is 13.8. The number of aryl methyl sites for hydroxylation is 1. The van der Waals surface area contributed by atoms with Crippen LogP contribution in [0.5, 0.6) is 0 Å². The number of nitrogens with one attached hydrogen (secondary N) is 1. The minimum atomic E-state index is 0.504. The number of piperidine rings is 1. The van der Waals surface area contributed by atoms with Crippen molar-refractivity contribution in [2.24, 2.45) is 5.92 Å². The Balaban J connectivity index is 2.30. The summed E-state index contributed by atoms with van der Waals surface area (Å²) in [6.45, 7) is 7.70. The third-order valence-electron chi connectivity index (χ3n) is 4.27. The average Bonchev–Trinajstić information content (AvgIpc) is 2.42. The van der Waals surface area contributed by atoms with E-state index in [1.807, 2.05) is 7.05 Å². The van der Waals surface area contributed by atoms with Gasteiger partial charge in [-0.05, 0) is 69.6 Å². The summed E-state index contributed by atoms with van der Waals surface area (Å²) in [5, 5.41) is 4.24. The molecule has 1 N–H and O–H groups in total. The lowest BCUT2D eigenvalue weighted by molar-refractivity contribution is 0.0982. The molecule has 2 atom stereocenters. The summed E-state index contributed by atoms with van der Waals surface area (Å²) in [5.74, 6) is 0.678. The largest absolute Gasteiger partial charge is 0.319 e. The number of nitrogens with zero attached hydrogens (tertiary/aromatic N) is 1. The molecular weight excluding hydrogens is 256 g/mol. The molecule has 2 rings (SSSR count). The van der Waals surface area contributed by atoms with Crippen LogP contribution in [-0.2, 0) is 0 Å². The Morgan fingerprint density at radius 3 is 2.84 bits per heavy atom. The minimum absolute atomic E-state index is 0.504. The first-order chi connectivity index (χ1) is 9.17. The summed E-state index contributed by atoms with van der Waals surface area (Å²) in [6, 6.07) is 7.07. The first-order valence-electron chi connectivity index (χ1n) is 7.32. The van der Waals surface area contributed by atoms with Gasteiger partial charge in [0.05, 0.1) is 0 Å². The van der Waals surface area contributed by atoms with Crippen molar-refractivity contribution in [3.63, 3.8) is 0 Å². The fourth-order valence-corrected chi connectivity index (χ4v) is 3.45. The van der Waals surface area contributed by atoms with Gasteiger partial charge in [-0.1, -0.05) is 30.7 Å². The van der Waals surface area contributed by atoms with Crippen LogP contribution in [-0.4, -0.2) is 31.6 Å². The van der Waals surface area contributed by atoms with Gasteiger partial charge in [0, 0.05) is 11.1 Å². The van der Waals surface area contributed by atoms with Crippen molar-refractivity contribution >= 4 is 11.6 Å². The molecular formula is C16H25ClN2. The minimum Gasteiger partial charge on any atom is -0.319 e. The van der Waals surface area contributed by atoms with Crippen LogP contribution in [0.2, 0.25) is 5.02 Å². The molecule has 2 unspecified atom stereocenters. The Bertz CT molecular complexity index is 417. The highest BCUT2D eigenvalue weighted by molar-refractivity contribution is 6.31. The first kappa shape index (κ1) is 14.8. The van der Waals surface area contributed by atoms with Gasteiger partial charge in [0.25, 0.3) is 0 Å². The number of hydrogen-bond donors (Lipinski definition) is 1. The second-order valence-electron chi connectivity index (χ2n) is 5.54. The van der Waals surface area contributed by atoms with Gasteiger partial charge >= 0.3 is 0 Å². The fraction of sp³-hybridized carbons (Fsp3) is 0.625. The van der Waals surface area contributed by atoms with Gasteiger partial charge in [0.1, 0.15) is 0 Å². The van der Waals surface area contributed by atoms with E-state index in [1.54, 1.807) is 0 Å². The maximum Gasteiger partial charge on any atom is 0.0438 e. The molecule has 0 aliphatic carbocycles. The van der Waals surface area contributed by atoms with Crippen molar-refractivity contribution in [2.75, 3.05) is 26.7 Å². The lowest BCUT2D eigenvalue weighted by atomic mass is 9.84. The van der Waals surface area contributed by atoms with E-state index < -0.39 is 0 Å². The zero-order valence-electron chi connectivity index (χ0n) is 12.2. The monoisotopic (exact) mass is 280 g/mol. The summed E-state index contributed by atoms with van der Waals surface area (Å²) in [6.07, 6.45) is 2.60. The van der Waals surface area contributed by atoms with Gasteiger partial charge in [0.2, 0.25) is 0 Å². The highest BCUT2D eigenvalue weighted by atomic mass is 35.5. The molecule has 1 aliphatic heterocycles. The molecule has 19 heavy (non-hydrogen) atoms. The lowest BCUT2D eigenvalue weighted by Crippen LogP contribution is -2.42. The van der Waals surface area contributed by atoms with E-state index in [0.29, 0.717) is 12.0 Å². The van der Waals surface area contributed by atoms with Gasteiger partial charge in [-0.3, -0.25) is 4.90 Å². The quantitative estimate of drug-likeness (QED) is 0.906. The highest BCUT2D eigenvalue weighted by Crippen LogP contribution is 2.36. The summed E-state index contributed by atoms with van der Waals surface area (Å²) >= 11 is 6.31. The van der Waals surface area contributed by atoms with Crippen LogP contribution >= 0.6 is 11.6 Å². The molecule has 1 fully saturated rings. The third kappa shape index (κ3) is 3.31. The average molecular weight is 281 g/mol. The van der Waals surface area contributed by atoms with Crippen molar-refractivity contribution in [1.29, 1.82) is 0 Å². The summed E-state index contributed by atoms with van der Waals surface area (Å²) in [5.41, 5.74) is 2.53. The lowest BCUT2D eigenvalue weighted by Gasteiger charge is -2.41. The molecule has 0 aromatic heterocycles. The molecule has 0 spiro atoms. The maximum atomic E-state index is 6.31. The predicted molar refractivity (Wildman–Crippen MR) is 82.8 cm³/mol. The molecule has 3 heteroatoms. The third-order valence-corrected chi connectivity index (χ3v) is 4.68. The van der Waals surface area contributed by atoms with E-state index in [1.165, 1.54) is 24.9 Å². The van der Waals surface area contributed by atoms with Crippen LogP contribution in [0.3, 0.4) is 0 Å². The van der Waals surface area contributed by atoms with Crippen molar-refractivity contribution in [3.8, 4) is 0 Å². The molecule has 106 valence electrons. The van der Waals surface area contributed by atoms with Gasteiger partial charge in [-0.2, -0.15) is 0 Å². The van der Waals surface area contributed by atoms with Crippen LogP contribution in [0.25, 0.3) is 0 Å². The van der Waals surface area contributed by atoms with Crippen molar-refractivity contribution in [1.82, 2.24) is 10.2 Å². The zero-order valence-corrected chi connectivity index (χ0v) is 13.0. The Morgan fingerprint density at radius 1 is 1.42 bits per heavy atom. The number of rotatable bonds is 4. The molecule has 0 radical (unpaired) electrons. The molecule has 1 saturated heterocycles. The van der Waals surface area contributed by atoms with Crippen LogP contribution in [0.4, 0.5) is 0 Å². The van der Waals surface area contributed by atoms with Crippen LogP contribution in [0.1, 0.15) is 36.9 Å². The van der Waals surface area contributed by atoms with Gasteiger partial charge in [0.15, 0.2) is 0 Å². The van der Waals surface area contributed by atoms with Crippen molar-refractivity contribution in [3.05, 3.63) is 34.3 Å². The van der Waals surface area contributed by atoms with E-state index in [9.17, 15) is 0 Å². The Hall–Kier alpha value is -0.570. The molecule has 1 aromatic carbocycles. The Kier molecular flexibility index (Phi) is 5.26.